The molecule has 4 heteroatoms. The third kappa shape index (κ3) is 3.47. The van der Waals surface area contributed by atoms with Crippen LogP contribution in [0.1, 0.15) is 37.8 Å². The number of benzene rings is 1. The fourth-order valence-corrected chi connectivity index (χ4v) is 2.48. The molecule has 98 valence electrons. The average Bonchev–Trinajstić information content (AvgIpc) is 3.13. The Morgan fingerprint density at radius 2 is 2.28 bits per heavy atom. The molecule has 0 aliphatic heterocycles. The predicted octanol–water partition coefficient (Wildman–Crippen LogP) is 3.34. The Hall–Kier alpha value is -1.06. The van der Waals surface area contributed by atoms with Crippen molar-refractivity contribution in [1.29, 1.82) is 0 Å². The summed E-state index contributed by atoms with van der Waals surface area (Å²) >= 11 is 6.00. The standard InChI is InChI=1S/C14H18ClNO2/c1-10(11-3-2-4-12(15)9-11)16(13-5-6-13)8-7-14(17)18/h2-4,9-10,13H,5-8H2,1H3,(H,17,18). The molecule has 0 saturated heterocycles. The van der Waals surface area contributed by atoms with Crippen molar-refractivity contribution < 1.29 is 9.90 Å². The van der Waals surface area contributed by atoms with Crippen LogP contribution in [0.3, 0.4) is 0 Å². The highest BCUT2D eigenvalue weighted by Gasteiger charge is 2.32. The highest BCUT2D eigenvalue weighted by atomic mass is 35.5. The van der Waals surface area contributed by atoms with E-state index in [1.165, 1.54) is 12.8 Å². The largest absolute Gasteiger partial charge is 0.481 e. The smallest absolute Gasteiger partial charge is 0.304 e. The first-order valence-electron chi connectivity index (χ1n) is 6.31. The van der Waals surface area contributed by atoms with Crippen LogP contribution in [0.15, 0.2) is 24.3 Å². The van der Waals surface area contributed by atoms with Gasteiger partial charge >= 0.3 is 5.97 Å². The van der Waals surface area contributed by atoms with Gasteiger partial charge in [-0.1, -0.05) is 23.7 Å². The molecule has 0 spiro atoms. The van der Waals surface area contributed by atoms with Gasteiger partial charge in [-0.3, -0.25) is 9.69 Å². The maximum absolute atomic E-state index is 10.7. The molecule has 18 heavy (non-hydrogen) atoms. The first-order valence-corrected chi connectivity index (χ1v) is 6.68. The maximum atomic E-state index is 10.7. The van der Waals surface area contributed by atoms with E-state index in [0.717, 1.165) is 10.6 Å². The summed E-state index contributed by atoms with van der Waals surface area (Å²) < 4.78 is 0. The van der Waals surface area contributed by atoms with Gasteiger partial charge in [-0.15, -0.1) is 0 Å². The van der Waals surface area contributed by atoms with Crippen molar-refractivity contribution in [1.82, 2.24) is 4.90 Å². The molecular weight excluding hydrogens is 250 g/mol. The van der Waals surface area contributed by atoms with E-state index in [1.54, 1.807) is 0 Å². The van der Waals surface area contributed by atoms with Crippen LogP contribution in [-0.2, 0) is 4.79 Å². The number of rotatable bonds is 6. The monoisotopic (exact) mass is 267 g/mol. The molecule has 0 bridgehead atoms. The Labute approximate surface area is 112 Å². The summed E-state index contributed by atoms with van der Waals surface area (Å²) in [6, 6.07) is 8.57. The molecule has 1 saturated carbocycles. The van der Waals surface area contributed by atoms with E-state index in [2.05, 4.69) is 11.8 Å². The van der Waals surface area contributed by atoms with E-state index in [0.29, 0.717) is 12.6 Å². The quantitative estimate of drug-likeness (QED) is 0.859. The van der Waals surface area contributed by atoms with E-state index >= 15 is 0 Å². The number of carboxylic acid groups (broad SMARTS) is 1. The van der Waals surface area contributed by atoms with Gasteiger partial charge in [0.15, 0.2) is 0 Å². The van der Waals surface area contributed by atoms with Gasteiger partial charge in [0.1, 0.15) is 0 Å². The lowest BCUT2D eigenvalue weighted by Gasteiger charge is -2.29. The number of aliphatic carboxylic acids is 1. The van der Waals surface area contributed by atoms with Crippen LogP contribution in [0.4, 0.5) is 0 Å². The molecule has 0 amide bonds. The number of hydrogen-bond acceptors (Lipinski definition) is 2. The van der Waals surface area contributed by atoms with Crippen molar-refractivity contribution in [3.63, 3.8) is 0 Å². The number of carbonyl (C=O) groups is 1. The van der Waals surface area contributed by atoms with Gasteiger partial charge in [-0.05, 0) is 37.5 Å². The van der Waals surface area contributed by atoms with E-state index in [4.69, 9.17) is 16.7 Å². The molecule has 1 aromatic carbocycles. The Balaban J connectivity index is 2.07. The molecule has 0 radical (unpaired) electrons. The van der Waals surface area contributed by atoms with Crippen LogP contribution >= 0.6 is 11.6 Å². The van der Waals surface area contributed by atoms with Gasteiger partial charge in [0.2, 0.25) is 0 Å². The van der Waals surface area contributed by atoms with Gasteiger partial charge in [-0.2, -0.15) is 0 Å². The second-order valence-corrected chi connectivity index (χ2v) is 5.28. The minimum Gasteiger partial charge on any atom is -0.481 e. The van der Waals surface area contributed by atoms with Crippen molar-refractivity contribution >= 4 is 17.6 Å². The normalized spacial score (nSPS) is 16.8. The molecule has 1 aliphatic rings. The Morgan fingerprint density at radius 1 is 1.56 bits per heavy atom. The lowest BCUT2D eigenvalue weighted by atomic mass is 10.1. The SMILES string of the molecule is CC(c1cccc(Cl)c1)N(CCC(=O)O)C1CC1. The maximum Gasteiger partial charge on any atom is 0.304 e. The minimum atomic E-state index is -0.737. The number of hydrogen-bond donors (Lipinski definition) is 1. The molecule has 1 N–H and O–H groups in total. The van der Waals surface area contributed by atoms with Gasteiger partial charge < -0.3 is 5.11 Å². The van der Waals surface area contributed by atoms with Crippen molar-refractivity contribution in [3.05, 3.63) is 34.9 Å². The Morgan fingerprint density at radius 3 is 2.83 bits per heavy atom. The van der Waals surface area contributed by atoms with Crippen LogP contribution in [-0.4, -0.2) is 28.6 Å². The first-order chi connectivity index (χ1) is 8.58. The van der Waals surface area contributed by atoms with Crippen LogP contribution in [0, 0.1) is 0 Å². The highest BCUT2D eigenvalue weighted by molar-refractivity contribution is 6.30. The summed E-state index contributed by atoms with van der Waals surface area (Å²) in [6.07, 6.45) is 2.54. The molecule has 3 nitrogen and oxygen atoms in total. The summed E-state index contributed by atoms with van der Waals surface area (Å²) in [5.74, 6) is -0.737. The van der Waals surface area contributed by atoms with E-state index < -0.39 is 5.97 Å². The van der Waals surface area contributed by atoms with Crippen LogP contribution < -0.4 is 0 Å². The number of nitrogens with zero attached hydrogens (tertiary/aromatic N) is 1. The van der Waals surface area contributed by atoms with E-state index in [-0.39, 0.29) is 12.5 Å². The van der Waals surface area contributed by atoms with Crippen molar-refractivity contribution in [2.75, 3.05) is 6.54 Å². The molecule has 0 aromatic heterocycles. The Bertz CT molecular complexity index is 432. The molecular formula is C14H18ClNO2. The third-order valence-electron chi connectivity index (χ3n) is 3.43. The number of carboxylic acids is 1. The second-order valence-electron chi connectivity index (χ2n) is 4.84. The van der Waals surface area contributed by atoms with Gasteiger partial charge in [-0.25, -0.2) is 0 Å². The van der Waals surface area contributed by atoms with Crippen LogP contribution in [0.5, 0.6) is 0 Å². The van der Waals surface area contributed by atoms with Crippen molar-refractivity contribution in [2.24, 2.45) is 0 Å². The molecule has 1 aliphatic carbocycles. The second kappa shape index (κ2) is 5.72. The number of halogens is 1. The topological polar surface area (TPSA) is 40.5 Å². The average molecular weight is 268 g/mol. The Kier molecular flexibility index (Phi) is 4.25. The molecule has 1 aromatic rings. The molecule has 0 heterocycles. The first kappa shape index (κ1) is 13.4. The predicted molar refractivity (Wildman–Crippen MR) is 71.8 cm³/mol. The van der Waals surface area contributed by atoms with Crippen LogP contribution in [0.2, 0.25) is 5.02 Å². The summed E-state index contributed by atoms with van der Waals surface area (Å²) in [5.41, 5.74) is 1.15. The molecule has 1 unspecified atom stereocenters. The molecule has 2 rings (SSSR count). The summed E-state index contributed by atoms with van der Waals surface area (Å²) in [7, 11) is 0. The van der Waals surface area contributed by atoms with E-state index in [9.17, 15) is 4.79 Å². The van der Waals surface area contributed by atoms with Crippen molar-refractivity contribution in [2.45, 2.75) is 38.3 Å². The summed E-state index contributed by atoms with van der Waals surface area (Å²) in [5, 5.41) is 9.54. The molecule has 1 fully saturated rings. The molecule has 1 atom stereocenters. The lowest BCUT2D eigenvalue weighted by Crippen LogP contribution is -2.31. The lowest BCUT2D eigenvalue weighted by molar-refractivity contribution is -0.137. The fourth-order valence-electron chi connectivity index (χ4n) is 2.28. The van der Waals surface area contributed by atoms with E-state index in [1.807, 2.05) is 24.3 Å². The third-order valence-corrected chi connectivity index (χ3v) is 3.66. The van der Waals surface area contributed by atoms with Crippen LogP contribution in [0.25, 0.3) is 0 Å². The zero-order chi connectivity index (χ0) is 13.1. The highest BCUT2D eigenvalue weighted by Crippen LogP contribution is 2.34. The van der Waals surface area contributed by atoms with Crippen molar-refractivity contribution in [3.8, 4) is 0 Å². The summed E-state index contributed by atoms with van der Waals surface area (Å²) in [4.78, 5) is 13.0. The van der Waals surface area contributed by atoms with Gasteiger partial charge in [0.25, 0.3) is 0 Å². The summed E-state index contributed by atoms with van der Waals surface area (Å²) in [6.45, 7) is 2.72. The fraction of sp³-hybridized carbons (Fsp3) is 0.500. The zero-order valence-electron chi connectivity index (χ0n) is 10.5. The minimum absolute atomic E-state index is 0.196. The van der Waals surface area contributed by atoms with Gasteiger partial charge in [0.05, 0.1) is 6.42 Å². The zero-order valence-corrected chi connectivity index (χ0v) is 11.2. The van der Waals surface area contributed by atoms with Gasteiger partial charge in [0, 0.05) is 23.7 Å².